The summed E-state index contributed by atoms with van der Waals surface area (Å²) < 4.78 is 0. The molecule has 12 heavy (non-hydrogen) atoms. The summed E-state index contributed by atoms with van der Waals surface area (Å²) in [6.45, 7) is 5.53. The Bertz CT molecular complexity index is 299. The van der Waals surface area contributed by atoms with Crippen LogP contribution in [0.2, 0.25) is 0 Å². The molecule has 62 valence electrons. The van der Waals surface area contributed by atoms with Gasteiger partial charge in [-0.05, 0) is 24.6 Å². The standard InChI is InChI=1S/C10H12N2/c1-8(2)10(11)12-9-6-4-3-5-7-9/h3-7H,1H2,2H3,(H2,11,12). The second-order valence-corrected chi connectivity index (χ2v) is 2.61. The van der Waals surface area contributed by atoms with Gasteiger partial charge < -0.3 is 5.73 Å². The van der Waals surface area contributed by atoms with Gasteiger partial charge in [-0.3, -0.25) is 0 Å². The van der Waals surface area contributed by atoms with Crippen molar-refractivity contribution >= 4 is 11.5 Å². The molecule has 2 nitrogen and oxygen atoms in total. The van der Waals surface area contributed by atoms with Crippen molar-refractivity contribution < 1.29 is 0 Å². The molecule has 1 aromatic carbocycles. The van der Waals surface area contributed by atoms with E-state index in [1.807, 2.05) is 37.3 Å². The highest BCUT2D eigenvalue weighted by Crippen LogP contribution is 2.10. The number of para-hydroxylation sites is 1. The first-order valence-corrected chi connectivity index (χ1v) is 3.75. The maximum Gasteiger partial charge on any atom is 0.126 e. The van der Waals surface area contributed by atoms with Gasteiger partial charge in [0, 0.05) is 0 Å². The Morgan fingerprint density at radius 3 is 2.42 bits per heavy atom. The Balaban J connectivity index is 2.89. The Morgan fingerprint density at radius 1 is 1.33 bits per heavy atom. The fraction of sp³-hybridized carbons (Fsp3) is 0.100. The fourth-order valence-electron chi connectivity index (χ4n) is 0.737. The van der Waals surface area contributed by atoms with Crippen molar-refractivity contribution in [2.45, 2.75) is 6.92 Å². The highest BCUT2D eigenvalue weighted by atomic mass is 14.9. The van der Waals surface area contributed by atoms with Crippen LogP contribution in [0.3, 0.4) is 0 Å². The molecule has 0 saturated carbocycles. The maximum atomic E-state index is 5.60. The average molecular weight is 160 g/mol. The zero-order valence-electron chi connectivity index (χ0n) is 7.12. The van der Waals surface area contributed by atoms with Crippen molar-refractivity contribution in [1.29, 1.82) is 0 Å². The summed E-state index contributed by atoms with van der Waals surface area (Å²) in [5.41, 5.74) is 7.25. The maximum absolute atomic E-state index is 5.60. The summed E-state index contributed by atoms with van der Waals surface area (Å²) in [5.74, 6) is 0.487. The molecule has 2 N–H and O–H groups in total. The molecular weight excluding hydrogens is 148 g/mol. The van der Waals surface area contributed by atoms with E-state index in [4.69, 9.17) is 5.73 Å². The SMILES string of the molecule is C=C(C)C(N)=Nc1ccccc1. The highest BCUT2D eigenvalue weighted by Gasteiger charge is 1.91. The molecule has 1 aromatic rings. The molecule has 0 unspecified atom stereocenters. The smallest absolute Gasteiger partial charge is 0.126 e. The van der Waals surface area contributed by atoms with Crippen LogP contribution < -0.4 is 5.73 Å². The first-order valence-electron chi connectivity index (χ1n) is 3.75. The molecule has 0 spiro atoms. The van der Waals surface area contributed by atoms with Crippen LogP contribution in [0.4, 0.5) is 5.69 Å². The Hall–Kier alpha value is -1.57. The molecule has 0 atom stereocenters. The van der Waals surface area contributed by atoms with Crippen molar-refractivity contribution in [1.82, 2.24) is 0 Å². The monoisotopic (exact) mass is 160 g/mol. The van der Waals surface area contributed by atoms with E-state index >= 15 is 0 Å². The minimum Gasteiger partial charge on any atom is -0.383 e. The topological polar surface area (TPSA) is 38.4 Å². The molecular formula is C10H12N2. The van der Waals surface area contributed by atoms with E-state index in [2.05, 4.69) is 11.6 Å². The quantitative estimate of drug-likeness (QED) is 0.523. The van der Waals surface area contributed by atoms with Gasteiger partial charge in [0.25, 0.3) is 0 Å². The third kappa shape index (κ3) is 2.23. The molecule has 1 rings (SSSR count). The first-order chi connectivity index (χ1) is 5.70. The van der Waals surface area contributed by atoms with Crippen LogP contribution in [0, 0.1) is 0 Å². The van der Waals surface area contributed by atoms with Crippen molar-refractivity contribution in [3.8, 4) is 0 Å². The van der Waals surface area contributed by atoms with Gasteiger partial charge in [-0.25, -0.2) is 4.99 Å². The molecule has 0 aromatic heterocycles. The zero-order valence-corrected chi connectivity index (χ0v) is 7.12. The Morgan fingerprint density at radius 2 is 1.92 bits per heavy atom. The molecule has 0 radical (unpaired) electrons. The summed E-state index contributed by atoms with van der Waals surface area (Å²) in [6, 6.07) is 9.58. The zero-order chi connectivity index (χ0) is 8.97. The molecule has 0 saturated heterocycles. The van der Waals surface area contributed by atoms with E-state index in [0.29, 0.717) is 5.84 Å². The lowest BCUT2D eigenvalue weighted by Crippen LogP contribution is -2.11. The molecule has 0 aliphatic carbocycles. The summed E-state index contributed by atoms with van der Waals surface area (Å²) in [7, 11) is 0. The fourth-order valence-corrected chi connectivity index (χ4v) is 0.737. The van der Waals surface area contributed by atoms with E-state index in [-0.39, 0.29) is 0 Å². The third-order valence-electron chi connectivity index (χ3n) is 1.44. The van der Waals surface area contributed by atoms with Crippen LogP contribution in [0.25, 0.3) is 0 Å². The van der Waals surface area contributed by atoms with Gasteiger partial charge in [-0.2, -0.15) is 0 Å². The lowest BCUT2D eigenvalue weighted by Gasteiger charge is -1.97. The molecule has 0 heterocycles. The van der Waals surface area contributed by atoms with E-state index in [1.165, 1.54) is 0 Å². The number of nitrogens with two attached hydrogens (primary N) is 1. The van der Waals surface area contributed by atoms with Crippen molar-refractivity contribution in [2.75, 3.05) is 0 Å². The molecule has 0 fully saturated rings. The van der Waals surface area contributed by atoms with Gasteiger partial charge in [0.15, 0.2) is 0 Å². The lowest BCUT2D eigenvalue weighted by molar-refractivity contribution is 1.43. The number of nitrogens with zero attached hydrogens (tertiary/aromatic N) is 1. The van der Waals surface area contributed by atoms with Crippen LogP contribution in [-0.2, 0) is 0 Å². The molecule has 0 aliphatic rings. The number of aliphatic imine (C=N–C) groups is 1. The van der Waals surface area contributed by atoms with Crippen molar-refractivity contribution in [2.24, 2.45) is 10.7 Å². The predicted molar refractivity (Wildman–Crippen MR) is 52.5 cm³/mol. The van der Waals surface area contributed by atoms with Crippen LogP contribution in [0.1, 0.15) is 6.92 Å². The van der Waals surface area contributed by atoms with Gasteiger partial charge in [0.1, 0.15) is 5.84 Å². The molecule has 0 bridgehead atoms. The Kier molecular flexibility index (Phi) is 2.64. The lowest BCUT2D eigenvalue weighted by atomic mass is 10.3. The van der Waals surface area contributed by atoms with E-state index in [1.54, 1.807) is 0 Å². The summed E-state index contributed by atoms with van der Waals surface area (Å²) in [4.78, 5) is 4.15. The largest absolute Gasteiger partial charge is 0.383 e. The van der Waals surface area contributed by atoms with Crippen molar-refractivity contribution in [3.63, 3.8) is 0 Å². The van der Waals surface area contributed by atoms with E-state index in [9.17, 15) is 0 Å². The van der Waals surface area contributed by atoms with Gasteiger partial charge in [0.2, 0.25) is 0 Å². The number of hydrogen-bond acceptors (Lipinski definition) is 1. The van der Waals surface area contributed by atoms with Crippen LogP contribution in [0.15, 0.2) is 47.5 Å². The normalized spacial score (nSPS) is 11.2. The second kappa shape index (κ2) is 3.72. The molecule has 0 amide bonds. The number of rotatable bonds is 2. The molecule has 0 aliphatic heterocycles. The highest BCUT2D eigenvalue weighted by molar-refractivity contribution is 5.97. The third-order valence-corrected chi connectivity index (χ3v) is 1.44. The van der Waals surface area contributed by atoms with Gasteiger partial charge in [-0.15, -0.1) is 0 Å². The second-order valence-electron chi connectivity index (χ2n) is 2.61. The van der Waals surface area contributed by atoms with Crippen LogP contribution in [0.5, 0.6) is 0 Å². The van der Waals surface area contributed by atoms with Gasteiger partial charge in [-0.1, -0.05) is 24.8 Å². The summed E-state index contributed by atoms with van der Waals surface area (Å²) >= 11 is 0. The van der Waals surface area contributed by atoms with Crippen molar-refractivity contribution in [3.05, 3.63) is 42.5 Å². The van der Waals surface area contributed by atoms with Gasteiger partial charge >= 0.3 is 0 Å². The van der Waals surface area contributed by atoms with E-state index < -0.39 is 0 Å². The predicted octanol–water partition coefficient (Wildman–Crippen LogP) is 2.25. The molecule has 2 heteroatoms. The van der Waals surface area contributed by atoms with E-state index in [0.717, 1.165) is 11.3 Å². The van der Waals surface area contributed by atoms with Crippen LogP contribution >= 0.6 is 0 Å². The van der Waals surface area contributed by atoms with Crippen LogP contribution in [-0.4, -0.2) is 5.84 Å². The summed E-state index contributed by atoms with van der Waals surface area (Å²) in [5, 5.41) is 0. The minimum atomic E-state index is 0.487. The average Bonchev–Trinajstić information content (AvgIpc) is 2.06. The number of benzene rings is 1. The summed E-state index contributed by atoms with van der Waals surface area (Å²) in [6.07, 6.45) is 0. The minimum absolute atomic E-state index is 0.487. The Labute approximate surface area is 72.4 Å². The number of amidine groups is 1. The first kappa shape index (κ1) is 8.53. The number of hydrogen-bond donors (Lipinski definition) is 1. The van der Waals surface area contributed by atoms with Gasteiger partial charge in [0.05, 0.1) is 5.69 Å².